The summed E-state index contributed by atoms with van der Waals surface area (Å²) >= 11 is 3.42. The summed E-state index contributed by atoms with van der Waals surface area (Å²) in [7, 11) is 0. The number of carbonyl (C=O) groups is 1. The number of para-hydroxylation sites is 1. The van der Waals surface area contributed by atoms with Crippen LogP contribution in [0.4, 0.5) is 5.69 Å². The van der Waals surface area contributed by atoms with Crippen molar-refractivity contribution in [3.8, 4) is 0 Å². The van der Waals surface area contributed by atoms with E-state index in [-0.39, 0.29) is 18.0 Å². The van der Waals surface area contributed by atoms with Gasteiger partial charge < -0.3 is 9.88 Å². The van der Waals surface area contributed by atoms with E-state index in [1.807, 2.05) is 73.0 Å². The lowest BCUT2D eigenvalue weighted by molar-refractivity contribution is -0.116. The van der Waals surface area contributed by atoms with Gasteiger partial charge in [-0.2, -0.15) is 9.78 Å². The van der Waals surface area contributed by atoms with Gasteiger partial charge in [0.25, 0.3) is 5.56 Å². The predicted molar refractivity (Wildman–Crippen MR) is 148 cm³/mol. The highest BCUT2D eigenvalue weighted by Gasteiger charge is 2.16. The van der Waals surface area contributed by atoms with Crippen molar-refractivity contribution in [3.05, 3.63) is 104 Å². The molecule has 0 radical (unpaired) electrons. The fraction of sp³-hybridized carbons (Fsp3) is 0.143. The topological polar surface area (TPSA) is 81.3 Å². The van der Waals surface area contributed by atoms with Crippen molar-refractivity contribution >= 4 is 55.5 Å². The van der Waals surface area contributed by atoms with Crippen molar-refractivity contribution in [1.82, 2.24) is 14.2 Å². The van der Waals surface area contributed by atoms with Crippen LogP contribution in [0.3, 0.4) is 0 Å². The molecule has 1 N–H and O–H groups in total. The first kappa shape index (κ1) is 23.7. The summed E-state index contributed by atoms with van der Waals surface area (Å²) in [6, 6.07) is 21.0. The lowest BCUT2D eigenvalue weighted by Crippen LogP contribution is -2.21. The Morgan fingerprint density at radius 1 is 1.03 bits per heavy atom. The Morgan fingerprint density at radius 2 is 1.78 bits per heavy atom. The molecule has 0 fully saturated rings. The third-order valence-corrected chi connectivity index (χ3v) is 6.68. The van der Waals surface area contributed by atoms with Crippen LogP contribution >= 0.6 is 15.9 Å². The minimum Gasteiger partial charge on any atom is -0.335 e. The Labute approximate surface area is 216 Å². The Hall–Kier alpha value is -4.04. The Bertz CT molecular complexity index is 1710. The van der Waals surface area contributed by atoms with Crippen LogP contribution in [0.1, 0.15) is 22.6 Å². The molecule has 5 rings (SSSR count). The van der Waals surface area contributed by atoms with Gasteiger partial charge in [-0.3, -0.25) is 9.59 Å². The van der Waals surface area contributed by atoms with E-state index < -0.39 is 0 Å². The van der Waals surface area contributed by atoms with Crippen molar-refractivity contribution in [1.29, 1.82) is 0 Å². The number of nitrogens with zero attached hydrogens (tertiary/aromatic N) is 4. The van der Waals surface area contributed by atoms with Gasteiger partial charge in [0.1, 0.15) is 12.4 Å². The molecule has 0 aliphatic carbocycles. The molecule has 0 saturated heterocycles. The molecule has 1 amide bonds. The molecule has 2 heterocycles. The number of carbonyl (C=O) groups excluding carboxylic acids is 1. The number of benzene rings is 3. The highest BCUT2D eigenvalue weighted by Crippen LogP contribution is 2.25. The molecule has 0 unspecified atom stereocenters. The molecule has 180 valence electrons. The number of anilines is 1. The molecule has 0 aliphatic rings. The Balaban J connectivity index is 1.52. The van der Waals surface area contributed by atoms with Crippen LogP contribution in [-0.4, -0.2) is 26.3 Å². The molecule has 3 aromatic carbocycles. The first-order chi connectivity index (χ1) is 17.3. The fourth-order valence-corrected chi connectivity index (χ4v) is 4.68. The Morgan fingerprint density at radius 3 is 2.56 bits per heavy atom. The van der Waals surface area contributed by atoms with Crippen LogP contribution in [0.5, 0.6) is 0 Å². The summed E-state index contributed by atoms with van der Waals surface area (Å²) < 4.78 is 4.08. The van der Waals surface area contributed by atoms with Gasteiger partial charge in [0.15, 0.2) is 0 Å². The maximum Gasteiger partial charge on any atom is 0.282 e. The molecule has 0 aliphatic heterocycles. The van der Waals surface area contributed by atoms with E-state index in [4.69, 9.17) is 0 Å². The number of amides is 1. The van der Waals surface area contributed by atoms with E-state index in [0.29, 0.717) is 16.7 Å². The Kier molecular flexibility index (Phi) is 6.28. The van der Waals surface area contributed by atoms with Crippen molar-refractivity contribution in [2.45, 2.75) is 27.3 Å². The number of rotatable bonds is 5. The minimum absolute atomic E-state index is 0.123. The number of hydrogen-bond donors (Lipinski definition) is 1. The first-order valence-corrected chi connectivity index (χ1v) is 12.3. The molecule has 36 heavy (non-hydrogen) atoms. The second-order valence-electron chi connectivity index (χ2n) is 8.70. The van der Waals surface area contributed by atoms with Gasteiger partial charge in [0, 0.05) is 32.3 Å². The third kappa shape index (κ3) is 4.47. The van der Waals surface area contributed by atoms with Crippen molar-refractivity contribution in [2.24, 2.45) is 5.10 Å². The maximum absolute atomic E-state index is 13.1. The van der Waals surface area contributed by atoms with Crippen LogP contribution in [0.25, 0.3) is 21.8 Å². The molecular formula is C28H24BrN5O2. The van der Waals surface area contributed by atoms with E-state index >= 15 is 0 Å². The summed E-state index contributed by atoms with van der Waals surface area (Å²) in [4.78, 5) is 30.6. The monoisotopic (exact) mass is 541 g/mol. The van der Waals surface area contributed by atoms with Gasteiger partial charge in [-0.15, -0.1) is 0 Å². The van der Waals surface area contributed by atoms with Gasteiger partial charge in [-0.05, 0) is 57.2 Å². The lowest BCUT2D eigenvalue weighted by Gasteiger charge is -2.10. The van der Waals surface area contributed by atoms with E-state index in [1.54, 1.807) is 25.3 Å². The summed E-state index contributed by atoms with van der Waals surface area (Å²) in [6.07, 6.45) is 1.67. The fourth-order valence-electron chi connectivity index (χ4n) is 4.32. The normalized spacial score (nSPS) is 11.6. The molecule has 5 aromatic rings. The van der Waals surface area contributed by atoms with E-state index in [9.17, 15) is 9.59 Å². The van der Waals surface area contributed by atoms with Crippen molar-refractivity contribution < 1.29 is 4.79 Å². The van der Waals surface area contributed by atoms with Crippen molar-refractivity contribution in [2.75, 3.05) is 5.32 Å². The summed E-state index contributed by atoms with van der Waals surface area (Å²) in [5, 5.41) is 8.92. The molecular weight excluding hydrogens is 518 g/mol. The largest absolute Gasteiger partial charge is 0.335 e. The molecule has 7 nitrogen and oxygen atoms in total. The maximum atomic E-state index is 13.1. The van der Waals surface area contributed by atoms with E-state index in [0.717, 1.165) is 37.9 Å². The highest BCUT2D eigenvalue weighted by atomic mass is 79.9. The standard InChI is InChI=1S/C28H24BrN5O2/c1-17-8-11-21(12-9-17)32-27(35)16-33-18(2)24(22-6-4-5-7-26(22)33)15-30-34-19(3)31-25-13-10-20(29)14-23(25)28(34)36/h4-15H,16H2,1-3H3,(H,32,35). The van der Waals surface area contributed by atoms with Crippen LogP contribution in [0, 0.1) is 20.8 Å². The lowest BCUT2D eigenvalue weighted by atomic mass is 10.1. The summed E-state index contributed by atoms with van der Waals surface area (Å²) in [6.45, 7) is 5.86. The quantitative estimate of drug-likeness (QED) is 0.296. The molecule has 0 bridgehead atoms. The SMILES string of the molecule is Cc1ccc(NC(=O)Cn2c(C)c(C=Nn3c(C)nc4ccc(Br)cc4c3=O)c3ccccc32)cc1. The van der Waals surface area contributed by atoms with Crippen molar-refractivity contribution in [3.63, 3.8) is 0 Å². The first-order valence-electron chi connectivity index (χ1n) is 11.5. The molecule has 0 saturated carbocycles. The average Bonchev–Trinajstić information content (AvgIpc) is 3.12. The summed E-state index contributed by atoms with van der Waals surface area (Å²) in [5.41, 5.74) is 4.91. The second-order valence-corrected chi connectivity index (χ2v) is 9.61. The van der Waals surface area contributed by atoms with Crippen LogP contribution in [0.15, 0.2) is 81.1 Å². The average molecular weight is 542 g/mol. The van der Waals surface area contributed by atoms with Gasteiger partial charge in [-0.25, -0.2) is 4.98 Å². The smallest absolute Gasteiger partial charge is 0.282 e. The predicted octanol–water partition coefficient (Wildman–Crippen LogP) is 5.56. The van der Waals surface area contributed by atoms with Gasteiger partial charge >= 0.3 is 0 Å². The molecule has 2 aromatic heterocycles. The minimum atomic E-state index is -0.242. The molecule has 8 heteroatoms. The number of hydrogen-bond acceptors (Lipinski definition) is 4. The van der Waals surface area contributed by atoms with Gasteiger partial charge in [0.2, 0.25) is 5.91 Å². The molecule has 0 spiro atoms. The van der Waals surface area contributed by atoms with E-state index in [1.165, 1.54) is 4.68 Å². The molecule has 0 atom stereocenters. The zero-order valence-electron chi connectivity index (χ0n) is 20.1. The van der Waals surface area contributed by atoms with Crippen LogP contribution in [-0.2, 0) is 11.3 Å². The van der Waals surface area contributed by atoms with Gasteiger partial charge in [-0.1, -0.05) is 51.8 Å². The van der Waals surface area contributed by atoms with Crippen LogP contribution in [0.2, 0.25) is 0 Å². The zero-order chi connectivity index (χ0) is 25.4. The number of nitrogens with one attached hydrogen (secondary N) is 1. The summed E-state index contributed by atoms with van der Waals surface area (Å²) in [5.74, 6) is 0.368. The van der Waals surface area contributed by atoms with Crippen LogP contribution < -0.4 is 10.9 Å². The van der Waals surface area contributed by atoms with E-state index in [2.05, 4.69) is 31.3 Å². The third-order valence-electron chi connectivity index (χ3n) is 6.19. The number of aryl methyl sites for hydroxylation is 2. The highest BCUT2D eigenvalue weighted by molar-refractivity contribution is 9.10. The number of fused-ring (bicyclic) bond motifs is 2. The van der Waals surface area contributed by atoms with Gasteiger partial charge in [0.05, 0.1) is 17.1 Å². The zero-order valence-corrected chi connectivity index (χ0v) is 21.7. The number of aromatic nitrogens is 3. The second kappa shape index (κ2) is 9.54. The number of halogens is 1.